The molecule has 0 fully saturated rings. The number of rotatable bonds is 4. The van der Waals surface area contributed by atoms with Gasteiger partial charge in [-0.1, -0.05) is 60.7 Å². The first-order valence-electron chi connectivity index (χ1n) is 8.67. The van der Waals surface area contributed by atoms with E-state index >= 15 is 0 Å². The third-order valence-corrected chi connectivity index (χ3v) is 4.16. The van der Waals surface area contributed by atoms with Crippen LogP contribution in [0.5, 0.6) is 0 Å². The van der Waals surface area contributed by atoms with Crippen LogP contribution >= 0.6 is 0 Å². The van der Waals surface area contributed by atoms with Crippen molar-refractivity contribution in [1.29, 1.82) is 0 Å². The van der Waals surface area contributed by atoms with Gasteiger partial charge in [-0.3, -0.25) is 4.79 Å². The van der Waals surface area contributed by atoms with Gasteiger partial charge in [-0.15, -0.1) is 15.0 Å². The number of nitrogens with zero attached hydrogens (tertiary/aromatic N) is 3. The van der Waals surface area contributed by atoms with Crippen molar-refractivity contribution in [3.8, 4) is 16.9 Å². The van der Waals surface area contributed by atoms with Crippen LogP contribution in [0.3, 0.4) is 0 Å². The molecule has 3 aromatic carbocycles. The van der Waals surface area contributed by atoms with Gasteiger partial charge in [-0.25, -0.2) is 0 Å². The summed E-state index contributed by atoms with van der Waals surface area (Å²) in [6.07, 6.45) is 0. The van der Waals surface area contributed by atoms with Crippen LogP contribution in [0.1, 0.15) is 15.9 Å². The predicted octanol–water partition coefficient (Wildman–Crippen LogP) is 4.50. The van der Waals surface area contributed by atoms with Crippen LogP contribution in [0.2, 0.25) is 0 Å². The second-order valence-electron chi connectivity index (χ2n) is 6.21. The Morgan fingerprint density at radius 2 is 1.56 bits per heavy atom. The number of nitrogens with one attached hydrogen (secondary N) is 1. The van der Waals surface area contributed by atoms with Gasteiger partial charge in [-0.2, -0.15) is 0 Å². The van der Waals surface area contributed by atoms with Crippen LogP contribution in [0.4, 0.5) is 5.82 Å². The average Bonchev–Trinajstić information content (AvgIpc) is 3.13. The molecule has 5 nitrogen and oxygen atoms in total. The lowest BCUT2D eigenvalue weighted by molar-refractivity contribution is 0.102. The van der Waals surface area contributed by atoms with Crippen LogP contribution in [-0.2, 0) is 0 Å². The van der Waals surface area contributed by atoms with E-state index in [1.165, 1.54) is 0 Å². The van der Waals surface area contributed by atoms with Crippen LogP contribution < -0.4 is 5.32 Å². The minimum absolute atomic E-state index is 0.218. The summed E-state index contributed by atoms with van der Waals surface area (Å²) in [5.74, 6) is 0.209. The fraction of sp³-hybridized carbons (Fsp3) is 0.0455. The molecule has 0 spiro atoms. The summed E-state index contributed by atoms with van der Waals surface area (Å²) in [4.78, 5) is 14.2. The lowest BCUT2D eigenvalue weighted by atomic mass is 10.1. The molecule has 1 heterocycles. The zero-order chi connectivity index (χ0) is 18.6. The highest BCUT2D eigenvalue weighted by atomic mass is 16.1. The zero-order valence-corrected chi connectivity index (χ0v) is 14.8. The molecule has 0 saturated heterocycles. The van der Waals surface area contributed by atoms with Gasteiger partial charge in [0.25, 0.3) is 5.91 Å². The maximum absolute atomic E-state index is 12.6. The fourth-order valence-electron chi connectivity index (χ4n) is 2.82. The molecule has 1 amide bonds. The highest BCUT2D eigenvalue weighted by molar-refractivity contribution is 6.05. The molecule has 0 saturated carbocycles. The van der Waals surface area contributed by atoms with E-state index in [0.717, 1.165) is 16.8 Å². The fourth-order valence-corrected chi connectivity index (χ4v) is 2.82. The molecule has 0 radical (unpaired) electrons. The molecule has 0 bridgehead atoms. The molecule has 132 valence electrons. The molecular formula is C22H18N4O. The SMILES string of the molecule is Cc1cccc(-n2nc(NC(=O)c3ccccc3)c(-c3ccccc3)n2)c1. The number of carbonyl (C=O) groups is 1. The Bertz CT molecular complexity index is 1070. The van der Waals surface area contributed by atoms with Gasteiger partial charge in [0.05, 0.1) is 5.69 Å². The molecular weight excluding hydrogens is 336 g/mol. The molecule has 5 heteroatoms. The van der Waals surface area contributed by atoms with Gasteiger partial charge < -0.3 is 5.32 Å². The Balaban J connectivity index is 1.76. The Kier molecular flexibility index (Phi) is 4.49. The topological polar surface area (TPSA) is 59.8 Å². The van der Waals surface area contributed by atoms with E-state index in [1.54, 1.807) is 16.9 Å². The summed E-state index contributed by atoms with van der Waals surface area (Å²) in [6, 6.07) is 26.7. The van der Waals surface area contributed by atoms with Crippen LogP contribution in [0.25, 0.3) is 16.9 Å². The predicted molar refractivity (Wildman–Crippen MR) is 106 cm³/mol. The smallest absolute Gasteiger partial charge is 0.256 e. The molecule has 0 aliphatic carbocycles. The number of aromatic nitrogens is 3. The quantitative estimate of drug-likeness (QED) is 0.587. The first-order valence-corrected chi connectivity index (χ1v) is 8.67. The summed E-state index contributed by atoms with van der Waals surface area (Å²) < 4.78 is 0. The number of aryl methyl sites for hydroxylation is 1. The number of amides is 1. The zero-order valence-electron chi connectivity index (χ0n) is 14.8. The first kappa shape index (κ1) is 16.7. The standard InChI is InChI=1S/C22H18N4O/c1-16-9-8-14-19(15-16)26-24-20(17-10-4-2-5-11-17)21(25-26)23-22(27)18-12-6-3-7-13-18/h2-15H,1H3,(H,23,25,27). The number of benzene rings is 3. The minimum Gasteiger partial charge on any atom is -0.303 e. The second-order valence-corrected chi connectivity index (χ2v) is 6.21. The molecule has 4 aromatic rings. The second kappa shape index (κ2) is 7.25. The van der Waals surface area contributed by atoms with Crippen molar-refractivity contribution in [3.63, 3.8) is 0 Å². The molecule has 0 aliphatic rings. The lowest BCUT2D eigenvalue weighted by Gasteiger charge is -2.04. The monoisotopic (exact) mass is 354 g/mol. The van der Waals surface area contributed by atoms with Gasteiger partial charge in [-0.05, 0) is 36.8 Å². The van der Waals surface area contributed by atoms with E-state index < -0.39 is 0 Å². The molecule has 0 aliphatic heterocycles. The highest BCUT2D eigenvalue weighted by Crippen LogP contribution is 2.25. The van der Waals surface area contributed by atoms with E-state index in [2.05, 4.69) is 15.5 Å². The van der Waals surface area contributed by atoms with Crippen LogP contribution in [0.15, 0.2) is 84.9 Å². The largest absolute Gasteiger partial charge is 0.303 e. The van der Waals surface area contributed by atoms with Crippen molar-refractivity contribution in [2.45, 2.75) is 6.92 Å². The van der Waals surface area contributed by atoms with Crippen molar-refractivity contribution in [2.75, 3.05) is 5.32 Å². The Labute approximate surface area is 157 Å². The number of anilines is 1. The molecule has 1 N–H and O–H groups in total. The minimum atomic E-state index is -0.218. The van der Waals surface area contributed by atoms with E-state index in [0.29, 0.717) is 17.1 Å². The van der Waals surface area contributed by atoms with E-state index in [4.69, 9.17) is 0 Å². The van der Waals surface area contributed by atoms with Crippen molar-refractivity contribution in [3.05, 3.63) is 96.1 Å². The van der Waals surface area contributed by atoms with Gasteiger partial charge in [0.1, 0.15) is 5.69 Å². The van der Waals surface area contributed by atoms with Gasteiger partial charge in [0.15, 0.2) is 5.82 Å². The number of carbonyl (C=O) groups excluding carboxylic acids is 1. The van der Waals surface area contributed by atoms with Crippen molar-refractivity contribution >= 4 is 11.7 Å². The van der Waals surface area contributed by atoms with E-state index in [1.807, 2.05) is 79.7 Å². The Morgan fingerprint density at radius 1 is 0.852 bits per heavy atom. The normalized spacial score (nSPS) is 10.6. The van der Waals surface area contributed by atoms with Crippen molar-refractivity contribution < 1.29 is 4.79 Å². The van der Waals surface area contributed by atoms with Crippen molar-refractivity contribution in [2.24, 2.45) is 0 Å². The highest BCUT2D eigenvalue weighted by Gasteiger charge is 2.17. The summed E-state index contributed by atoms with van der Waals surface area (Å²) >= 11 is 0. The Hall–Kier alpha value is -3.73. The van der Waals surface area contributed by atoms with Crippen molar-refractivity contribution in [1.82, 2.24) is 15.0 Å². The summed E-state index contributed by atoms with van der Waals surface area (Å²) in [7, 11) is 0. The molecule has 0 atom stereocenters. The first-order chi connectivity index (χ1) is 13.2. The van der Waals surface area contributed by atoms with E-state index in [9.17, 15) is 4.79 Å². The molecule has 1 aromatic heterocycles. The Morgan fingerprint density at radius 3 is 2.26 bits per heavy atom. The van der Waals surface area contributed by atoms with Gasteiger partial charge in [0.2, 0.25) is 0 Å². The third kappa shape index (κ3) is 3.62. The molecule has 4 rings (SSSR count). The van der Waals surface area contributed by atoms with Crippen LogP contribution in [-0.4, -0.2) is 20.9 Å². The molecule has 27 heavy (non-hydrogen) atoms. The maximum Gasteiger partial charge on any atom is 0.256 e. The molecule has 0 unspecified atom stereocenters. The van der Waals surface area contributed by atoms with Gasteiger partial charge in [0, 0.05) is 11.1 Å². The summed E-state index contributed by atoms with van der Waals surface area (Å²) in [6.45, 7) is 2.02. The third-order valence-electron chi connectivity index (χ3n) is 4.16. The average molecular weight is 354 g/mol. The lowest BCUT2D eigenvalue weighted by Crippen LogP contribution is -2.13. The summed E-state index contributed by atoms with van der Waals surface area (Å²) in [5, 5.41) is 12.1. The maximum atomic E-state index is 12.6. The van der Waals surface area contributed by atoms with Crippen LogP contribution in [0, 0.1) is 6.92 Å². The number of hydrogen-bond acceptors (Lipinski definition) is 3. The van der Waals surface area contributed by atoms with E-state index in [-0.39, 0.29) is 5.91 Å². The van der Waals surface area contributed by atoms with Gasteiger partial charge >= 0.3 is 0 Å². The number of hydrogen-bond donors (Lipinski definition) is 1. The summed E-state index contributed by atoms with van der Waals surface area (Å²) in [5.41, 5.74) is 4.04.